The highest BCUT2D eigenvalue weighted by molar-refractivity contribution is 7.47. The Kier molecular flexibility index (Phi) is 42.5. The van der Waals surface area contributed by atoms with Gasteiger partial charge < -0.3 is 25.2 Å². The van der Waals surface area contributed by atoms with Crippen LogP contribution in [0.4, 0.5) is 0 Å². The molecule has 0 spiro atoms. The molecule has 0 aliphatic rings. The van der Waals surface area contributed by atoms with Gasteiger partial charge in [0.15, 0.2) is 6.04 Å². The Morgan fingerprint density at radius 3 is 1.31 bits per heavy atom. The van der Waals surface area contributed by atoms with E-state index in [-0.39, 0.29) is 12.8 Å². The lowest BCUT2D eigenvalue weighted by Gasteiger charge is -2.18. The highest BCUT2D eigenvalue weighted by atomic mass is 31.2. The minimum absolute atomic E-state index is 0.120. The molecule has 0 radical (unpaired) electrons. The van der Waals surface area contributed by atoms with Crippen LogP contribution in [0, 0.1) is 0 Å². The smallest absolute Gasteiger partial charge is 0.472 e. The summed E-state index contributed by atoms with van der Waals surface area (Å²) in [7, 11) is -4.79. The molecule has 4 N–H and O–H groups in total. The third-order valence-corrected chi connectivity index (χ3v) is 10.2. The molecule has 0 aromatic rings. The number of ether oxygens (including phenoxy) is 1. The van der Waals surface area contributed by atoms with Crippen LogP contribution in [-0.4, -0.2) is 64.9 Å². The summed E-state index contributed by atoms with van der Waals surface area (Å²) >= 11 is 0. The average Bonchev–Trinajstić information content (AvgIpc) is 3.27. The zero-order chi connectivity index (χ0) is 47.0. The lowest BCUT2D eigenvalue weighted by Crippen LogP contribution is -2.43. The Balaban J connectivity index is 3.99. The molecule has 3 atom stereocenters. The Hall–Kier alpha value is -4.12. The van der Waals surface area contributed by atoms with Gasteiger partial charge in [0, 0.05) is 12.8 Å². The summed E-state index contributed by atoms with van der Waals surface area (Å²) in [5.74, 6) is -2.47. The number of amides is 1. The van der Waals surface area contributed by atoms with Gasteiger partial charge in [0.05, 0.1) is 13.2 Å². The lowest BCUT2D eigenvalue weighted by atomic mass is 10.1. The summed E-state index contributed by atoms with van der Waals surface area (Å²) in [5.41, 5.74) is 0. The molecule has 0 bridgehead atoms. The van der Waals surface area contributed by atoms with Crippen molar-refractivity contribution < 1.29 is 47.8 Å². The minimum atomic E-state index is -4.79. The number of phosphoric acid groups is 1. The fraction of sp³-hybridized carbons (Fsp3) is 0.558. The number of hydrogen-bond acceptors (Lipinski definition) is 8. The molecule has 1 amide bonds. The van der Waals surface area contributed by atoms with E-state index in [1.807, 2.05) is 12.2 Å². The fourth-order valence-corrected chi connectivity index (χ4v) is 6.44. The molecular formula is C52H82NO10P. The second kappa shape index (κ2) is 45.4. The number of allylic oxidation sites excluding steroid dienone is 20. The van der Waals surface area contributed by atoms with Crippen LogP contribution in [0.3, 0.4) is 0 Å². The molecule has 0 saturated heterocycles. The van der Waals surface area contributed by atoms with E-state index in [2.05, 4.69) is 129 Å². The largest absolute Gasteiger partial charge is 0.480 e. The van der Waals surface area contributed by atoms with E-state index in [4.69, 9.17) is 13.8 Å². The SMILES string of the molecule is CC/C=C\C/C=C\C/C=C\C/C=C\C/C=C\CCCCCCCCCC(=O)NC(COP(=O)(O)OCC(O)COC(=O)CCC/C=C\C/C=C\C/C=C\C/C=C\C/C=C\CC)C(=O)O. The summed E-state index contributed by atoms with van der Waals surface area (Å²) < 4.78 is 26.8. The first-order chi connectivity index (χ1) is 31.1. The van der Waals surface area contributed by atoms with Crippen molar-refractivity contribution in [2.75, 3.05) is 19.8 Å². The number of carboxylic acid groups (broad SMARTS) is 1. The molecule has 0 heterocycles. The number of hydrogen-bond donors (Lipinski definition) is 4. The minimum Gasteiger partial charge on any atom is -0.480 e. The van der Waals surface area contributed by atoms with Crippen molar-refractivity contribution in [3.8, 4) is 0 Å². The summed E-state index contributed by atoms with van der Waals surface area (Å²) in [6.07, 6.45) is 60.8. The zero-order valence-corrected chi connectivity index (χ0v) is 39.9. The highest BCUT2D eigenvalue weighted by Gasteiger charge is 2.28. The molecule has 0 fully saturated rings. The third kappa shape index (κ3) is 44.5. The molecule has 0 rings (SSSR count). The van der Waals surface area contributed by atoms with E-state index in [9.17, 15) is 34.1 Å². The van der Waals surface area contributed by atoms with E-state index in [1.165, 1.54) is 0 Å². The Morgan fingerprint density at radius 1 is 0.500 bits per heavy atom. The van der Waals surface area contributed by atoms with Gasteiger partial charge in [0.1, 0.15) is 12.7 Å². The summed E-state index contributed by atoms with van der Waals surface area (Å²) in [6, 6.07) is -1.57. The molecule has 0 aliphatic carbocycles. The number of rotatable bonds is 42. The standard InChI is InChI=1S/C52H82NO10P/c1-3-5-7-9-11-13-15-17-19-21-22-23-24-25-26-28-29-31-33-35-37-39-41-43-50(55)53-49(52(57)58)47-63-64(59,60)62-46-48(54)45-61-51(56)44-42-40-38-36-34-32-30-27-20-18-16-14-12-10-8-6-4-2/h5-8,11-14,17-20,22-23,25-26,30,32,36,38,48-49,54H,3-4,9-10,15-16,21,24,27-29,31,33-35,37,39-47H2,1-2H3,(H,53,55)(H,57,58)(H,59,60)/b7-5-,8-6-,13-11-,14-12-,19-17-,20-18-,23-22-,26-25-,32-30-,38-36-. The molecular weight excluding hydrogens is 830 g/mol. The first-order valence-corrected chi connectivity index (χ1v) is 25.1. The normalized spacial score (nSPS) is 14.7. The van der Waals surface area contributed by atoms with Crippen LogP contribution < -0.4 is 5.32 Å². The number of phosphoric ester groups is 1. The number of aliphatic hydroxyl groups is 1. The van der Waals surface area contributed by atoms with Crippen molar-refractivity contribution in [3.05, 3.63) is 122 Å². The molecule has 11 nitrogen and oxygen atoms in total. The molecule has 0 aliphatic heterocycles. The summed E-state index contributed by atoms with van der Waals surface area (Å²) in [5, 5.41) is 21.9. The summed E-state index contributed by atoms with van der Waals surface area (Å²) in [6.45, 7) is 2.28. The first kappa shape index (κ1) is 59.9. The van der Waals surface area contributed by atoms with Crippen LogP contribution in [-0.2, 0) is 32.7 Å². The van der Waals surface area contributed by atoms with Crippen LogP contribution in [0.2, 0.25) is 0 Å². The molecule has 64 heavy (non-hydrogen) atoms. The lowest BCUT2D eigenvalue weighted by molar-refractivity contribution is -0.147. The van der Waals surface area contributed by atoms with E-state index in [0.29, 0.717) is 19.3 Å². The van der Waals surface area contributed by atoms with Crippen molar-refractivity contribution in [1.29, 1.82) is 0 Å². The van der Waals surface area contributed by atoms with E-state index in [0.717, 1.165) is 109 Å². The van der Waals surface area contributed by atoms with Gasteiger partial charge in [0.25, 0.3) is 0 Å². The zero-order valence-electron chi connectivity index (χ0n) is 39.0. The maximum absolute atomic E-state index is 12.4. The van der Waals surface area contributed by atoms with Crippen LogP contribution in [0.5, 0.6) is 0 Å². The Morgan fingerprint density at radius 2 is 0.875 bits per heavy atom. The van der Waals surface area contributed by atoms with Gasteiger partial charge in [-0.15, -0.1) is 0 Å². The number of carbonyl (C=O) groups is 3. The second-order valence-electron chi connectivity index (χ2n) is 15.2. The molecule has 0 saturated carbocycles. The van der Waals surface area contributed by atoms with Crippen molar-refractivity contribution >= 4 is 25.7 Å². The van der Waals surface area contributed by atoms with Crippen molar-refractivity contribution in [1.82, 2.24) is 5.32 Å². The third-order valence-electron chi connectivity index (χ3n) is 9.25. The van der Waals surface area contributed by atoms with Gasteiger partial charge in [0.2, 0.25) is 5.91 Å². The maximum Gasteiger partial charge on any atom is 0.472 e. The number of unbranched alkanes of at least 4 members (excludes halogenated alkanes) is 8. The van der Waals surface area contributed by atoms with E-state index in [1.54, 1.807) is 0 Å². The molecule has 12 heteroatoms. The van der Waals surface area contributed by atoms with Crippen LogP contribution in [0.1, 0.15) is 155 Å². The monoisotopic (exact) mass is 912 g/mol. The van der Waals surface area contributed by atoms with Gasteiger partial charge in [-0.2, -0.15) is 0 Å². The molecule has 3 unspecified atom stereocenters. The highest BCUT2D eigenvalue weighted by Crippen LogP contribution is 2.43. The molecule has 0 aromatic heterocycles. The van der Waals surface area contributed by atoms with Gasteiger partial charge in [-0.05, 0) is 96.3 Å². The fourth-order valence-electron chi connectivity index (χ4n) is 5.67. The number of nitrogens with one attached hydrogen (secondary N) is 1. The molecule has 0 aromatic carbocycles. The van der Waals surface area contributed by atoms with Crippen LogP contribution in [0.15, 0.2) is 122 Å². The predicted molar refractivity (Wildman–Crippen MR) is 263 cm³/mol. The predicted octanol–water partition coefficient (Wildman–Crippen LogP) is 12.8. The van der Waals surface area contributed by atoms with E-state index >= 15 is 0 Å². The Bertz CT molecular complexity index is 1540. The van der Waals surface area contributed by atoms with Crippen molar-refractivity contribution in [2.24, 2.45) is 0 Å². The van der Waals surface area contributed by atoms with E-state index < -0.39 is 57.6 Å². The van der Waals surface area contributed by atoms with Crippen LogP contribution >= 0.6 is 7.82 Å². The quantitative estimate of drug-likeness (QED) is 0.0200. The first-order valence-electron chi connectivity index (χ1n) is 23.6. The van der Waals surface area contributed by atoms with Gasteiger partial charge in [-0.1, -0.05) is 167 Å². The van der Waals surface area contributed by atoms with Gasteiger partial charge in [-0.25, -0.2) is 9.36 Å². The number of aliphatic hydroxyl groups excluding tert-OH is 1. The number of aliphatic carboxylic acids is 1. The van der Waals surface area contributed by atoms with Gasteiger partial charge >= 0.3 is 19.8 Å². The summed E-state index contributed by atoms with van der Waals surface area (Å²) in [4.78, 5) is 46.0. The molecule has 360 valence electrons. The topological polar surface area (TPSA) is 169 Å². The number of esters is 1. The van der Waals surface area contributed by atoms with Gasteiger partial charge in [-0.3, -0.25) is 18.6 Å². The Labute approximate surface area is 386 Å². The second-order valence-corrected chi connectivity index (χ2v) is 16.6. The number of carboxylic acids is 1. The van der Waals surface area contributed by atoms with Crippen molar-refractivity contribution in [2.45, 2.75) is 167 Å². The average molecular weight is 912 g/mol. The number of carbonyl (C=O) groups excluding carboxylic acids is 2. The van der Waals surface area contributed by atoms with Crippen molar-refractivity contribution in [3.63, 3.8) is 0 Å². The maximum atomic E-state index is 12.4. The van der Waals surface area contributed by atoms with Crippen LogP contribution in [0.25, 0.3) is 0 Å².